The molecule has 23 nitrogen and oxygen atoms in total. The standard InChI is InChI=1S/C36H45N6O17P3/c1-5-54-33(45)25-15-22-14-24-20(2)17-36(3,4)42(26(24)16-27(22)57-34(25)46)13-7-9-28(43)38-12-6-8-21-18-41(31-30(21)32(44)40-35(37)39-31)29-11-10-23(56-29)19-55-61(50,51)59-62(52,53)58-60(47,48)49/h14-16,18,20,23,29H,5,7,9-13,17,19H2,1-4H3,(H,38,43)(H,50,51)(H,52,53)(H2,47,48,49)(H3,37,39,40,44)/t20?,23-,29+/m0/s1. The number of hydrogen-bond acceptors (Lipinski definition) is 16. The van der Waals surface area contributed by atoms with Gasteiger partial charge in [0.05, 0.1) is 36.8 Å². The number of aromatic amines is 1. The average Bonchev–Trinajstić information content (AvgIpc) is 3.76. The fourth-order valence-corrected chi connectivity index (χ4v) is 10.7. The lowest BCUT2D eigenvalue weighted by Gasteiger charge is -2.47. The fourth-order valence-electron chi connectivity index (χ4n) is 7.62. The van der Waals surface area contributed by atoms with E-state index in [0.29, 0.717) is 23.9 Å². The van der Waals surface area contributed by atoms with Gasteiger partial charge in [-0.2, -0.15) is 13.6 Å². The predicted octanol–water partition coefficient (Wildman–Crippen LogP) is 3.65. The Hall–Kier alpha value is -4.68. The van der Waals surface area contributed by atoms with E-state index in [4.69, 9.17) is 33.9 Å². The zero-order valence-corrected chi connectivity index (χ0v) is 36.4. The number of nitrogens with two attached hydrogens (primary N) is 1. The third-order valence-electron chi connectivity index (χ3n) is 10.1. The first kappa shape index (κ1) is 46.8. The van der Waals surface area contributed by atoms with Gasteiger partial charge in [0, 0.05) is 41.8 Å². The summed E-state index contributed by atoms with van der Waals surface area (Å²) in [7, 11) is -16.6. The smallest absolute Gasteiger partial charge is 0.462 e. The van der Waals surface area contributed by atoms with Gasteiger partial charge < -0.3 is 54.0 Å². The van der Waals surface area contributed by atoms with Crippen molar-refractivity contribution in [1.29, 1.82) is 0 Å². The minimum absolute atomic E-state index is 0.0667. The molecule has 0 bridgehead atoms. The number of nitrogen functional groups attached to an aromatic ring is 1. The molecule has 5 atom stereocenters. The molecule has 1 saturated heterocycles. The summed E-state index contributed by atoms with van der Waals surface area (Å²) in [5, 5.41) is 3.44. The van der Waals surface area contributed by atoms with E-state index >= 15 is 0 Å². The van der Waals surface area contributed by atoms with Gasteiger partial charge in [-0.3, -0.25) is 19.1 Å². The van der Waals surface area contributed by atoms with Gasteiger partial charge in [0.25, 0.3) is 5.56 Å². The van der Waals surface area contributed by atoms with Crippen LogP contribution >= 0.6 is 23.5 Å². The summed E-state index contributed by atoms with van der Waals surface area (Å²) in [5.74, 6) is 4.64. The highest BCUT2D eigenvalue weighted by Crippen LogP contribution is 2.66. The number of amides is 1. The molecule has 4 aromatic rings. The Bertz CT molecular complexity index is 2730. The second-order valence-electron chi connectivity index (χ2n) is 15.1. The number of anilines is 2. The van der Waals surface area contributed by atoms with Crippen molar-refractivity contribution in [2.24, 2.45) is 0 Å². The normalized spacial score (nSPS) is 20.5. The number of carbonyl (C=O) groups is 2. The summed E-state index contributed by atoms with van der Waals surface area (Å²) >= 11 is 0. The van der Waals surface area contributed by atoms with E-state index in [9.17, 15) is 42.7 Å². The van der Waals surface area contributed by atoms with Crippen LogP contribution in [-0.4, -0.2) is 83.9 Å². The lowest BCUT2D eigenvalue weighted by atomic mass is 9.79. The van der Waals surface area contributed by atoms with Crippen LogP contribution in [0.2, 0.25) is 0 Å². The Morgan fingerprint density at radius 2 is 1.84 bits per heavy atom. The van der Waals surface area contributed by atoms with Crippen LogP contribution in [0.5, 0.6) is 0 Å². The molecule has 1 fully saturated rings. The number of carbonyl (C=O) groups excluding carboxylic acids is 2. The number of phosphoric ester groups is 1. The van der Waals surface area contributed by atoms with Crippen molar-refractivity contribution in [3.63, 3.8) is 0 Å². The van der Waals surface area contributed by atoms with E-state index in [1.54, 1.807) is 13.0 Å². The zero-order valence-electron chi connectivity index (χ0n) is 33.8. The van der Waals surface area contributed by atoms with Gasteiger partial charge in [0.2, 0.25) is 11.9 Å². The van der Waals surface area contributed by atoms with E-state index in [1.165, 1.54) is 16.8 Å². The number of ether oxygens (including phenoxy) is 2. The number of nitrogens with one attached hydrogen (secondary N) is 2. The summed E-state index contributed by atoms with van der Waals surface area (Å²) in [5.41, 5.74) is 6.48. The Labute approximate surface area is 352 Å². The van der Waals surface area contributed by atoms with Gasteiger partial charge in [-0.15, -0.1) is 0 Å². The molecule has 5 heterocycles. The lowest BCUT2D eigenvalue weighted by Crippen LogP contribution is -2.49. The van der Waals surface area contributed by atoms with Crippen molar-refractivity contribution in [1.82, 2.24) is 19.9 Å². The minimum atomic E-state index is -5.70. The first-order valence-corrected chi connectivity index (χ1v) is 23.6. The van der Waals surface area contributed by atoms with Gasteiger partial charge in [0.15, 0.2) is 5.65 Å². The highest BCUT2D eigenvalue weighted by molar-refractivity contribution is 7.66. The number of nitrogens with zero attached hydrogens (tertiary/aromatic N) is 3. The first-order valence-electron chi connectivity index (χ1n) is 19.1. The quantitative estimate of drug-likeness (QED) is 0.0387. The number of benzene rings is 1. The maximum Gasteiger partial charge on any atom is 0.490 e. The molecule has 2 aliphatic heterocycles. The lowest BCUT2D eigenvalue weighted by molar-refractivity contribution is -0.120. The van der Waals surface area contributed by atoms with Crippen LogP contribution in [-0.2, 0) is 41.1 Å². The molecule has 0 aliphatic carbocycles. The van der Waals surface area contributed by atoms with Crippen LogP contribution < -0.4 is 27.1 Å². The third kappa shape index (κ3) is 11.1. The maximum absolute atomic E-state index is 13.0. The van der Waals surface area contributed by atoms with Crippen molar-refractivity contribution < 1.29 is 69.9 Å². The van der Waals surface area contributed by atoms with Crippen LogP contribution in [0.3, 0.4) is 0 Å². The van der Waals surface area contributed by atoms with E-state index in [-0.39, 0.29) is 77.9 Å². The van der Waals surface area contributed by atoms with Gasteiger partial charge >= 0.3 is 35.1 Å². The molecule has 3 unspecified atom stereocenters. The second kappa shape index (κ2) is 18.2. The van der Waals surface area contributed by atoms with Gasteiger partial charge in [-0.1, -0.05) is 18.8 Å². The van der Waals surface area contributed by atoms with Crippen molar-refractivity contribution in [3.8, 4) is 11.8 Å². The summed E-state index contributed by atoms with van der Waals surface area (Å²) in [4.78, 5) is 96.4. The number of H-pyrrole nitrogens is 1. The summed E-state index contributed by atoms with van der Waals surface area (Å²) in [6, 6.07) is 5.22. The van der Waals surface area contributed by atoms with Crippen molar-refractivity contribution in [3.05, 3.63) is 61.9 Å². The molecule has 0 radical (unpaired) electrons. The number of esters is 1. The Balaban J connectivity index is 1.08. The monoisotopic (exact) mass is 926 g/mol. The fraction of sp³-hybridized carbons (Fsp3) is 0.472. The Kier molecular flexibility index (Phi) is 13.7. The Morgan fingerprint density at radius 3 is 2.55 bits per heavy atom. The molecule has 336 valence electrons. The minimum Gasteiger partial charge on any atom is -0.462 e. The van der Waals surface area contributed by atoms with Crippen molar-refractivity contribution in [2.45, 2.75) is 83.6 Å². The summed E-state index contributed by atoms with van der Waals surface area (Å²) in [6.07, 6.45) is 1.67. The molecule has 62 heavy (non-hydrogen) atoms. The predicted molar refractivity (Wildman–Crippen MR) is 220 cm³/mol. The molecular weight excluding hydrogens is 881 g/mol. The van der Waals surface area contributed by atoms with Crippen molar-refractivity contribution in [2.75, 3.05) is 36.9 Å². The zero-order chi connectivity index (χ0) is 45.4. The van der Waals surface area contributed by atoms with E-state index in [0.717, 1.165) is 17.7 Å². The third-order valence-corrected chi connectivity index (χ3v) is 13.9. The molecule has 1 amide bonds. The van der Waals surface area contributed by atoms with E-state index in [1.807, 2.05) is 6.07 Å². The molecule has 0 saturated carbocycles. The Morgan fingerprint density at radius 1 is 1.10 bits per heavy atom. The van der Waals surface area contributed by atoms with Crippen LogP contribution in [0.25, 0.3) is 22.0 Å². The number of phosphoric acid groups is 3. The summed E-state index contributed by atoms with van der Waals surface area (Å²) in [6.45, 7) is 7.85. The van der Waals surface area contributed by atoms with Crippen LogP contribution in [0.4, 0.5) is 11.6 Å². The maximum atomic E-state index is 13.0. The van der Waals surface area contributed by atoms with E-state index in [2.05, 4.69) is 61.4 Å². The molecule has 1 aromatic carbocycles. The average molecular weight is 927 g/mol. The van der Waals surface area contributed by atoms with Crippen LogP contribution in [0.1, 0.15) is 93.4 Å². The topological polar surface area (TPSA) is 335 Å². The highest BCUT2D eigenvalue weighted by atomic mass is 31.3. The van der Waals surface area contributed by atoms with Crippen LogP contribution in [0, 0.1) is 11.8 Å². The largest absolute Gasteiger partial charge is 0.490 e. The van der Waals surface area contributed by atoms with Crippen LogP contribution in [0.15, 0.2) is 38.4 Å². The number of hydrogen-bond donors (Lipinski definition) is 7. The molecule has 2 aliphatic rings. The first-order chi connectivity index (χ1) is 29.0. The molecular formula is C36H45N6O17P3. The number of aromatic nitrogens is 3. The van der Waals surface area contributed by atoms with E-state index < -0.39 is 59.6 Å². The van der Waals surface area contributed by atoms with Crippen molar-refractivity contribution >= 4 is 69.0 Å². The molecule has 0 spiro atoms. The highest BCUT2D eigenvalue weighted by Gasteiger charge is 2.42. The SMILES string of the molecule is CCOC(=O)c1cc2cc3c(cc2oc1=O)N(CCCC(=O)NCC#Cc1cn([C@H]2CC[C@@H](COP(=O)(O)OP(=O)(O)OP(=O)(O)O)O2)c2nc(N)[nH]c(=O)c12)C(C)(C)CC3C. The second-order valence-corrected chi connectivity index (χ2v) is 19.6. The number of fused-ring (bicyclic) bond motifs is 3. The molecule has 3 aromatic heterocycles. The van der Waals surface area contributed by atoms with Gasteiger partial charge in [0.1, 0.15) is 17.4 Å². The molecule has 6 rings (SSSR count). The van der Waals surface area contributed by atoms with Gasteiger partial charge in [-0.05, 0) is 70.1 Å². The number of rotatable bonds is 15. The molecule has 26 heteroatoms. The molecule has 8 N–H and O–H groups in total. The summed E-state index contributed by atoms with van der Waals surface area (Å²) < 4.78 is 64.8. The van der Waals surface area contributed by atoms with Gasteiger partial charge in [-0.25, -0.2) is 23.3 Å².